The highest BCUT2D eigenvalue weighted by Gasteiger charge is 2.50. The third-order valence-electron chi connectivity index (χ3n) is 12.3. The molecule has 1 fully saturated rings. The molecule has 1 aliphatic carbocycles. The van der Waals surface area contributed by atoms with E-state index in [2.05, 4.69) is 16.2 Å². The SMILES string of the molecule is Cc1cc(-n2nc3c(c2-n2ccn(-c4ccc5c(cnn5C)c4F)c2=O)[C@H](C)N(C(=O)c2cn4cc(-c5ccnc(C(F)(F)F)c5)ccc4c2C2(C#N)CC2)CC3)cc(C)c1F. The van der Waals surface area contributed by atoms with Crippen molar-refractivity contribution in [2.75, 3.05) is 6.54 Å². The Morgan fingerprint density at radius 3 is 2.37 bits per heavy atom. The summed E-state index contributed by atoms with van der Waals surface area (Å²) in [6.45, 7) is 5.29. The predicted molar refractivity (Wildman–Crippen MR) is 217 cm³/mol. The van der Waals surface area contributed by atoms with Crippen molar-refractivity contribution in [3.8, 4) is 34.4 Å². The molecule has 62 heavy (non-hydrogen) atoms. The summed E-state index contributed by atoms with van der Waals surface area (Å²) < 4.78 is 79.0. The van der Waals surface area contributed by atoms with E-state index in [1.807, 2.05) is 6.92 Å². The minimum Gasteiger partial charge on any atom is -0.331 e. The Balaban J connectivity index is 1.10. The number of hydrogen-bond acceptors (Lipinski definition) is 6. The lowest BCUT2D eigenvalue weighted by atomic mass is 9.92. The second-order valence-corrected chi connectivity index (χ2v) is 16.1. The molecule has 7 heterocycles. The number of carbonyl (C=O) groups excluding carboxylic acids is 1. The van der Waals surface area contributed by atoms with Crippen molar-refractivity contribution in [2.45, 2.75) is 57.7 Å². The Bertz CT molecular complexity index is 3280. The van der Waals surface area contributed by atoms with Crippen molar-refractivity contribution in [3.63, 3.8) is 0 Å². The van der Waals surface area contributed by atoms with Crippen LogP contribution in [-0.4, -0.2) is 55.4 Å². The molecule has 0 saturated heterocycles. The lowest BCUT2D eigenvalue weighted by Gasteiger charge is -2.34. The largest absolute Gasteiger partial charge is 0.433 e. The van der Waals surface area contributed by atoms with Gasteiger partial charge in [-0.2, -0.15) is 28.6 Å². The summed E-state index contributed by atoms with van der Waals surface area (Å²) in [5.74, 6) is -1.14. The van der Waals surface area contributed by atoms with Crippen LogP contribution in [0.4, 0.5) is 22.0 Å². The van der Waals surface area contributed by atoms with Gasteiger partial charge in [0.15, 0.2) is 5.82 Å². The molecule has 10 rings (SSSR count). The summed E-state index contributed by atoms with van der Waals surface area (Å²) in [6.07, 6.45) is 5.35. The molecule has 0 radical (unpaired) electrons. The first-order valence-corrected chi connectivity index (χ1v) is 19.8. The molecule has 0 spiro atoms. The Morgan fingerprint density at radius 1 is 0.935 bits per heavy atom. The number of hydrogen-bond donors (Lipinski definition) is 0. The van der Waals surface area contributed by atoms with Crippen molar-refractivity contribution in [2.24, 2.45) is 7.05 Å². The summed E-state index contributed by atoms with van der Waals surface area (Å²) in [6, 6.07) is 13.9. The molecule has 1 atom stereocenters. The zero-order valence-electron chi connectivity index (χ0n) is 33.7. The van der Waals surface area contributed by atoms with Gasteiger partial charge in [-0.25, -0.2) is 18.3 Å². The molecular formula is C45H35F5N10O2. The Morgan fingerprint density at radius 2 is 1.66 bits per heavy atom. The number of aromatic nitrogens is 8. The maximum atomic E-state index is 16.0. The van der Waals surface area contributed by atoms with Crippen LogP contribution in [0.3, 0.4) is 0 Å². The van der Waals surface area contributed by atoms with E-state index >= 15 is 9.18 Å². The van der Waals surface area contributed by atoms with Crippen molar-refractivity contribution in [3.05, 3.63) is 147 Å². The van der Waals surface area contributed by atoms with Crippen molar-refractivity contribution >= 4 is 22.3 Å². The summed E-state index contributed by atoms with van der Waals surface area (Å²) in [7, 11) is 1.69. The van der Waals surface area contributed by atoms with Gasteiger partial charge in [-0.3, -0.25) is 23.6 Å². The number of fused-ring (bicyclic) bond motifs is 3. The van der Waals surface area contributed by atoms with Gasteiger partial charge in [-0.15, -0.1) is 0 Å². The van der Waals surface area contributed by atoms with E-state index in [4.69, 9.17) is 5.10 Å². The molecule has 0 N–H and O–H groups in total. The Hall–Kier alpha value is -7.35. The minimum atomic E-state index is -4.64. The highest BCUT2D eigenvalue weighted by atomic mass is 19.4. The van der Waals surface area contributed by atoms with E-state index in [0.29, 0.717) is 63.1 Å². The van der Waals surface area contributed by atoms with E-state index in [-0.39, 0.29) is 46.8 Å². The fraction of sp³-hybridized carbons (Fsp3) is 0.244. The van der Waals surface area contributed by atoms with E-state index in [1.165, 1.54) is 44.5 Å². The standard InChI is InChI=1S/C45H35F5N10O2/c1-24-17-29(18-25(2)39(24)46)60-41(59-16-15-58(43(59)62)35-8-7-33-30(40(35)47)20-53-55(33)4)37-26(3)57(14-10-32(37)54-60)42(61)31-22-56-21-28(27-9-13-52-36(19-27)45(48,49)50)5-6-34(56)38(31)44(23-51)11-12-44/h5-9,13,15-22,26H,10-12,14H2,1-4H3/t26-/m0/s1. The van der Waals surface area contributed by atoms with Gasteiger partial charge < -0.3 is 9.30 Å². The van der Waals surface area contributed by atoms with Gasteiger partial charge in [0.05, 0.1) is 62.8 Å². The maximum absolute atomic E-state index is 16.0. The predicted octanol–water partition coefficient (Wildman–Crippen LogP) is 8.24. The number of imidazole rings is 1. The maximum Gasteiger partial charge on any atom is 0.433 e. The van der Waals surface area contributed by atoms with Gasteiger partial charge in [0.25, 0.3) is 5.91 Å². The van der Waals surface area contributed by atoms with Crippen LogP contribution in [0.5, 0.6) is 0 Å². The summed E-state index contributed by atoms with van der Waals surface area (Å²) in [5.41, 5.74) is 2.36. The molecule has 0 bridgehead atoms. The molecule has 1 saturated carbocycles. The van der Waals surface area contributed by atoms with Crippen LogP contribution in [0.15, 0.2) is 90.5 Å². The van der Waals surface area contributed by atoms with Gasteiger partial charge in [0.1, 0.15) is 17.3 Å². The van der Waals surface area contributed by atoms with E-state index in [0.717, 1.165) is 12.3 Å². The first-order valence-electron chi connectivity index (χ1n) is 19.8. The first kappa shape index (κ1) is 38.8. The van der Waals surface area contributed by atoms with E-state index < -0.39 is 40.7 Å². The highest BCUT2D eigenvalue weighted by molar-refractivity contribution is 6.00. The lowest BCUT2D eigenvalue weighted by Crippen LogP contribution is -2.39. The molecule has 312 valence electrons. The van der Waals surface area contributed by atoms with Gasteiger partial charge in [0, 0.05) is 62.1 Å². The Kier molecular flexibility index (Phi) is 8.50. The number of alkyl halides is 3. The van der Waals surface area contributed by atoms with Crippen LogP contribution in [0.1, 0.15) is 69.8 Å². The number of nitrogens with zero attached hydrogens (tertiary/aromatic N) is 10. The van der Waals surface area contributed by atoms with Crippen molar-refractivity contribution in [1.29, 1.82) is 5.26 Å². The average Bonchev–Trinajstić information content (AvgIpc) is 3.49. The zero-order valence-corrected chi connectivity index (χ0v) is 33.7. The zero-order chi connectivity index (χ0) is 43.6. The van der Waals surface area contributed by atoms with Gasteiger partial charge in [0.2, 0.25) is 0 Å². The number of rotatable bonds is 6. The molecule has 1 amide bonds. The number of amides is 1. The second-order valence-electron chi connectivity index (χ2n) is 16.1. The van der Waals surface area contributed by atoms with Crippen LogP contribution in [0.2, 0.25) is 0 Å². The molecule has 6 aromatic heterocycles. The van der Waals surface area contributed by atoms with Crippen molar-refractivity contribution < 1.29 is 26.7 Å². The van der Waals surface area contributed by atoms with Crippen LogP contribution in [0, 0.1) is 36.8 Å². The molecule has 12 nitrogen and oxygen atoms in total. The van der Waals surface area contributed by atoms with Crippen LogP contribution in [-0.2, 0) is 25.1 Å². The molecular weight excluding hydrogens is 808 g/mol. The number of halogens is 5. The van der Waals surface area contributed by atoms with Crippen LogP contribution < -0.4 is 5.69 Å². The molecule has 8 aromatic rings. The average molecular weight is 843 g/mol. The van der Waals surface area contributed by atoms with Gasteiger partial charge >= 0.3 is 11.9 Å². The van der Waals surface area contributed by atoms with E-state index in [9.17, 15) is 27.6 Å². The normalized spacial score (nSPS) is 15.9. The number of pyridine rings is 2. The smallest absolute Gasteiger partial charge is 0.331 e. The quantitative estimate of drug-likeness (QED) is 0.156. The molecule has 17 heteroatoms. The van der Waals surface area contributed by atoms with E-state index in [1.54, 1.807) is 77.6 Å². The Labute approximate surface area is 349 Å². The number of nitriles is 1. The topological polar surface area (TPSA) is 124 Å². The lowest BCUT2D eigenvalue weighted by molar-refractivity contribution is -0.141. The van der Waals surface area contributed by atoms with Gasteiger partial charge in [-0.1, -0.05) is 6.07 Å². The summed E-state index contributed by atoms with van der Waals surface area (Å²) in [5, 5.41) is 19.8. The third kappa shape index (κ3) is 5.80. The monoisotopic (exact) mass is 842 g/mol. The fourth-order valence-electron chi connectivity index (χ4n) is 8.95. The molecule has 2 aliphatic rings. The molecule has 1 aliphatic heterocycles. The fourth-order valence-corrected chi connectivity index (χ4v) is 8.95. The number of aryl methyl sites for hydroxylation is 3. The van der Waals surface area contributed by atoms with Crippen LogP contribution >= 0.6 is 0 Å². The number of carbonyl (C=O) groups is 1. The number of benzene rings is 2. The van der Waals surface area contributed by atoms with Gasteiger partial charge in [-0.05, 0) is 98.3 Å². The minimum absolute atomic E-state index is 0.000175. The summed E-state index contributed by atoms with van der Waals surface area (Å²) in [4.78, 5) is 34.7. The molecule has 2 aromatic carbocycles. The van der Waals surface area contributed by atoms with Crippen molar-refractivity contribution in [1.82, 2.24) is 43.0 Å². The summed E-state index contributed by atoms with van der Waals surface area (Å²) >= 11 is 0. The molecule has 0 unspecified atom stereocenters. The first-order chi connectivity index (χ1) is 29.6. The highest BCUT2D eigenvalue weighted by Crippen LogP contribution is 2.51. The van der Waals surface area contributed by atoms with Crippen LogP contribution in [0.25, 0.3) is 44.7 Å². The second kappa shape index (κ2) is 13.6. The third-order valence-corrected chi connectivity index (χ3v) is 12.3.